The molecule has 0 aliphatic heterocycles. The van der Waals surface area contributed by atoms with E-state index in [0.717, 1.165) is 54.0 Å². The van der Waals surface area contributed by atoms with E-state index < -0.39 is 0 Å². The van der Waals surface area contributed by atoms with Crippen LogP contribution in [0.1, 0.15) is 74.7 Å². The minimum atomic E-state index is -0.105. The van der Waals surface area contributed by atoms with Gasteiger partial charge in [0, 0.05) is 23.6 Å². The molecular formula is C26H34N2O. The highest BCUT2D eigenvalue weighted by Gasteiger charge is 2.30. The second-order valence-corrected chi connectivity index (χ2v) is 8.71. The Morgan fingerprint density at radius 3 is 2.59 bits per heavy atom. The third-order valence-corrected chi connectivity index (χ3v) is 6.24. The van der Waals surface area contributed by atoms with Crippen molar-refractivity contribution in [2.45, 2.75) is 66.2 Å². The smallest absolute Gasteiger partial charge is 0.0757 e. The maximum absolute atomic E-state index is 9.60. The van der Waals surface area contributed by atoms with Gasteiger partial charge in [-0.2, -0.15) is 0 Å². The Bertz CT molecular complexity index is 942. The molecule has 2 aromatic heterocycles. The summed E-state index contributed by atoms with van der Waals surface area (Å²) < 4.78 is 0. The zero-order valence-corrected chi connectivity index (χ0v) is 18.5. The predicted octanol–water partition coefficient (Wildman–Crippen LogP) is 6.04. The van der Waals surface area contributed by atoms with Crippen LogP contribution in [0.3, 0.4) is 0 Å². The van der Waals surface area contributed by atoms with E-state index in [1.165, 1.54) is 16.7 Å². The lowest BCUT2D eigenvalue weighted by molar-refractivity contribution is 0.219. The van der Waals surface area contributed by atoms with Crippen molar-refractivity contribution in [3.05, 3.63) is 65.1 Å². The van der Waals surface area contributed by atoms with Crippen molar-refractivity contribution in [2.75, 3.05) is 6.61 Å². The second-order valence-electron chi connectivity index (χ2n) is 8.71. The number of allylic oxidation sites excluding steroid dienone is 3. The molecule has 29 heavy (non-hydrogen) atoms. The largest absolute Gasteiger partial charge is 0.396 e. The number of fused-ring (bicyclic) bond motifs is 1. The molecule has 1 aliphatic rings. The molecule has 1 unspecified atom stereocenters. The first-order chi connectivity index (χ1) is 13.8. The maximum atomic E-state index is 9.60. The molecule has 0 amide bonds. The summed E-state index contributed by atoms with van der Waals surface area (Å²) in [6.45, 7) is 15.1. The number of aromatic nitrogens is 2. The van der Waals surface area contributed by atoms with Crippen molar-refractivity contribution >= 4 is 5.57 Å². The number of aliphatic hydroxyl groups is 1. The maximum Gasteiger partial charge on any atom is 0.0757 e. The van der Waals surface area contributed by atoms with E-state index in [-0.39, 0.29) is 12.0 Å². The zero-order valence-electron chi connectivity index (χ0n) is 18.5. The summed E-state index contributed by atoms with van der Waals surface area (Å²) >= 11 is 0. The van der Waals surface area contributed by atoms with Crippen molar-refractivity contribution in [1.82, 2.24) is 9.97 Å². The Kier molecular flexibility index (Phi) is 6.38. The highest BCUT2D eigenvalue weighted by Crippen LogP contribution is 2.40. The van der Waals surface area contributed by atoms with Crippen LogP contribution in [0.15, 0.2) is 36.9 Å². The van der Waals surface area contributed by atoms with Crippen molar-refractivity contribution in [3.8, 4) is 11.3 Å². The number of hydrogen-bond acceptors (Lipinski definition) is 3. The quantitative estimate of drug-likeness (QED) is 0.611. The van der Waals surface area contributed by atoms with Gasteiger partial charge in [-0.25, -0.2) is 4.98 Å². The molecule has 0 aromatic carbocycles. The average Bonchev–Trinajstić information content (AvgIpc) is 2.84. The summed E-state index contributed by atoms with van der Waals surface area (Å²) in [4.78, 5) is 10.1. The molecule has 0 fully saturated rings. The Hall–Kier alpha value is -2.26. The number of rotatable bonds is 6. The summed E-state index contributed by atoms with van der Waals surface area (Å²) in [5, 5.41) is 9.60. The molecule has 154 valence electrons. The molecule has 1 atom stereocenters. The Morgan fingerprint density at radius 2 is 1.97 bits per heavy atom. The fraction of sp³-hybridized carbons (Fsp3) is 0.462. The molecule has 0 bridgehead atoms. The summed E-state index contributed by atoms with van der Waals surface area (Å²) in [5.74, 6) is 0.416. The topological polar surface area (TPSA) is 46.0 Å². The van der Waals surface area contributed by atoms with Crippen molar-refractivity contribution in [1.29, 1.82) is 0 Å². The number of pyridine rings is 2. The summed E-state index contributed by atoms with van der Waals surface area (Å²) in [5.41, 5.74) is 9.01. The lowest BCUT2D eigenvalue weighted by atomic mass is 9.77. The fourth-order valence-electron chi connectivity index (χ4n) is 4.32. The van der Waals surface area contributed by atoms with E-state index >= 15 is 0 Å². The third kappa shape index (κ3) is 4.20. The molecule has 2 aromatic rings. The van der Waals surface area contributed by atoms with E-state index in [4.69, 9.17) is 9.97 Å². The average molecular weight is 391 g/mol. The summed E-state index contributed by atoms with van der Waals surface area (Å²) in [7, 11) is 0. The van der Waals surface area contributed by atoms with Crippen LogP contribution in [0.4, 0.5) is 0 Å². The van der Waals surface area contributed by atoms with Gasteiger partial charge in [-0.15, -0.1) is 6.58 Å². The number of aryl methyl sites for hydroxylation is 2. The minimum Gasteiger partial charge on any atom is -0.396 e. The van der Waals surface area contributed by atoms with Gasteiger partial charge < -0.3 is 5.11 Å². The van der Waals surface area contributed by atoms with Crippen LogP contribution in [-0.4, -0.2) is 21.7 Å². The van der Waals surface area contributed by atoms with Crippen molar-refractivity contribution in [2.24, 2.45) is 5.41 Å². The number of aliphatic hydroxyl groups excluding tert-OH is 1. The lowest BCUT2D eigenvalue weighted by Gasteiger charge is -2.28. The van der Waals surface area contributed by atoms with Gasteiger partial charge in [0.1, 0.15) is 0 Å². The van der Waals surface area contributed by atoms with Crippen molar-refractivity contribution < 1.29 is 5.11 Å². The van der Waals surface area contributed by atoms with Gasteiger partial charge in [-0.3, -0.25) is 4.98 Å². The first kappa shape index (κ1) is 21.4. The van der Waals surface area contributed by atoms with Gasteiger partial charge in [0.15, 0.2) is 0 Å². The Labute approximate surface area is 175 Å². The molecule has 0 radical (unpaired) electrons. The van der Waals surface area contributed by atoms with Crippen molar-refractivity contribution in [3.63, 3.8) is 0 Å². The monoisotopic (exact) mass is 390 g/mol. The molecule has 3 nitrogen and oxygen atoms in total. The molecular weight excluding hydrogens is 356 g/mol. The van der Waals surface area contributed by atoms with Crippen LogP contribution in [-0.2, 0) is 12.8 Å². The molecule has 0 saturated carbocycles. The molecule has 3 rings (SSSR count). The molecule has 1 N–H and O–H groups in total. The van der Waals surface area contributed by atoms with E-state index in [0.29, 0.717) is 5.92 Å². The molecule has 1 aliphatic carbocycles. The van der Waals surface area contributed by atoms with Crippen LogP contribution in [0.2, 0.25) is 0 Å². The van der Waals surface area contributed by atoms with E-state index in [1.807, 2.05) is 6.08 Å². The molecule has 3 heteroatoms. The van der Waals surface area contributed by atoms with Gasteiger partial charge in [-0.05, 0) is 79.7 Å². The number of hydrogen-bond donors (Lipinski definition) is 1. The number of nitrogens with zero attached hydrogens (tertiary/aromatic N) is 2. The zero-order chi connectivity index (χ0) is 21.2. The molecule has 2 heterocycles. The first-order valence-electron chi connectivity index (χ1n) is 10.8. The van der Waals surface area contributed by atoms with E-state index in [9.17, 15) is 5.11 Å². The van der Waals surface area contributed by atoms with Gasteiger partial charge in [0.25, 0.3) is 0 Å². The highest BCUT2D eigenvalue weighted by molar-refractivity contribution is 5.72. The van der Waals surface area contributed by atoms with Gasteiger partial charge in [0.05, 0.1) is 11.4 Å². The van der Waals surface area contributed by atoms with Gasteiger partial charge >= 0.3 is 0 Å². The van der Waals surface area contributed by atoms with E-state index in [2.05, 4.69) is 65.5 Å². The lowest BCUT2D eigenvalue weighted by Crippen LogP contribution is -2.22. The van der Waals surface area contributed by atoms with E-state index in [1.54, 1.807) is 0 Å². The summed E-state index contributed by atoms with van der Waals surface area (Å²) in [6.07, 6.45) is 7.64. The van der Waals surface area contributed by atoms with Gasteiger partial charge in [-0.1, -0.05) is 39.0 Å². The van der Waals surface area contributed by atoms with Crippen LogP contribution in [0.5, 0.6) is 0 Å². The third-order valence-electron chi connectivity index (χ3n) is 6.24. The van der Waals surface area contributed by atoms with Crippen LogP contribution >= 0.6 is 0 Å². The van der Waals surface area contributed by atoms with Gasteiger partial charge in [0.2, 0.25) is 0 Å². The first-order valence-corrected chi connectivity index (χ1v) is 10.8. The van der Waals surface area contributed by atoms with Crippen LogP contribution in [0, 0.1) is 12.3 Å². The van der Waals surface area contributed by atoms with Crippen LogP contribution < -0.4 is 0 Å². The Morgan fingerprint density at radius 1 is 1.21 bits per heavy atom. The van der Waals surface area contributed by atoms with Crippen LogP contribution in [0.25, 0.3) is 16.8 Å². The SMILES string of the molecule is C=CC1(CCO)CC=C(C)c2nc(-c3ccc(C(C)C)nc3CC)c(C)cc2C1. The normalized spacial score (nSPS) is 18.9. The summed E-state index contributed by atoms with van der Waals surface area (Å²) in [6, 6.07) is 6.61. The Balaban J connectivity index is 2.14. The fourth-order valence-corrected chi connectivity index (χ4v) is 4.32. The highest BCUT2D eigenvalue weighted by atomic mass is 16.3. The minimum absolute atomic E-state index is 0.105. The predicted molar refractivity (Wildman–Crippen MR) is 122 cm³/mol. The molecule has 0 spiro atoms. The standard InChI is InChI=1S/C26H34N2O/c1-7-22-21(9-10-23(27-22)17(3)4)25-19(6)15-20-16-26(8-2,13-14-29)12-11-18(5)24(20)28-25/h8-11,15,17,29H,2,7,12-14,16H2,1,3-6H3. The molecule has 0 saturated heterocycles. The second kappa shape index (κ2) is 8.62.